The Morgan fingerprint density at radius 1 is 1.22 bits per heavy atom. The summed E-state index contributed by atoms with van der Waals surface area (Å²) < 4.78 is 18.3. The van der Waals surface area contributed by atoms with E-state index in [4.69, 9.17) is 14.2 Å². The first kappa shape index (κ1) is 17.8. The van der Waals surface area contributed by atoms with Gasteiger partial charge in [-0.1, -0.05) is 24.3 Å². The lowest BCUT2D eigenvalue weighted by Gasteiger charge is -2.29. The smallest absolute Gasteiger partial charge is 0.248 e. The second-order valence-electron chi connectivity index (χ2n) is 6.34. The quantitative estimate of drug-likeness (QED) is 0.654. The highest BCUT2D eigenvalue weighted by atomic mass is 32.1. The second-order valence-corrected chi connectivity index (χ2v) is 7.46. The van der Waals surface area contributed by atoms with Crippen molar-refractivity contribution >= 4 is 27.5 Å². The van der Waals surface area contributed by atoms with Crippen molar-refractivity contribution in [1.29, 1.82) is 0 Å². The van der Waals surface area contributed by atoms with E-state index >= 15 is 0 Å². The highest BCUT2D eigenvalue weighted by molar-refractivity contribution is 7.18. The number of nitrogens with zero attached hydrogens (tertiary/aromatic N) is 2. The van der Waals surface area contributed by atoms with Crippen LogP contribution in [0.25, 0.3) is 10.2 Å². The molecule has 0 saturated carbocycles. The zero-order valence-corrected chi connectivity index (χ0v) is 15.8. The summed E-state index contributed by atoms with van der Waals surface area (Å²) in [6.45, 7) is 1.20. The Bertz CT molecular complexity index is 909. The summed E-state index contributed by atoms with van der Waals surface area (Å²) >= 11 is 1.58. The van der Waals surface area contributed by atoms with Crippen LogP contribution in [0.5, 0.6) is 11.5 Å². The first-order valence-corrected chi connectivity index (χ1v) is 9.55. The van der Waals surface area contributed by atoms with Crippen molar-refractivity contribution in [3.8, 4) is 11.5 Å². The summed E-state index contributed by atoms with van der Waals surface area (Å²) in [7, 11) is 1.74. The molecule has 27 heavy (non-hydrogen) atoms. The van der Waals surface area contributed by atoms with Crippen LogP contribution in [0.3, 0.4) is 0 Å². The van der Waals surface area contributed by atoms with Crippen LogP contribution in [0.4, 0.5) is 0 Å². The number of carbonyl (C=O) groups excluding carboxylic acids is 1. The molecular weight excluding hydrogens is 364 g/mol. The van der Waals surface area contributed by atoms with Crippen molar-refractivity contribution in [1.82, 2.24) is 9.88 Å². The van der Waals surface area contributed by atoms with Gasteiger partial charge in [0.2, 0.25) is 5.91 Å². The van der Waals surface area contributed by atoms with Crippen molar-refractivity contribution in [2.75, 3.05) is 26.8 Å². The third-order valence-electron chi connectivity index (χ3n) is 4.26. The average molecular weight is 384 g/mol. The Kier molecular flexibility index (Phi) is 5.22. The first-order valence-electron chi connectivity index (χ1n) is 8.73. The van der Waals surface area contributed by atoms with Gasteiger partial charge in [-0.05, 0) is 24.3 Å². The number of likely N-dealkylation sites (N-methyl/N-ethyl adjacent to an activating group) is 1. The van der Waals surface area contributed by atoms with E-state index in [1.807, 2.05) is 48.5 Å². The molecule has 1 aromatic heterocycles. The fourth-order valence-corrected chi connectivity index (χ4v) is 3.78. The largest absolute Gasteiger partial charge is 0.486 e. The molecule has 1 aliphatic rings. The molecule has 1 atom stereocenters. The molecule has 3 aromatic rings. The molecule has 0 spiro atoms. The topological polar surface area (TPSA) is 60.9 Å². The van der Waals surface area contributed by atoms with E-state index in [-0.39, 0.29) is 18.6 Å². The number of thiazole rings is 1. The number of carbonyl (C=O) groups is 1. The Morgan fingerprint density at radius 3 is 2.85 bits per heavy atom. The van der Waals surface area contributed by atoms with Crippen LogP contribution in [0.15, 0.2) is 48.5 Å². The van der Waals surface area contributed by atoms with Crippen LogP contribution >= 0.6 is 11.3 Å². The lowest BCUT2D eigenvalue weighted by Crippen LogP contribution is -2.42. The molecule has 1 unspecified atom stereocenters. The van der Waals surface area contributed by atoms with Crippen LogP contribution in [0, 0.1) is 0 Å². The molecular formula is C20H20N2O4S. The number of amides is 1. The molecule has 0 fully saturated rings. The fraction of sp³-hybridized carbons (Fsp3) is 0.300. The van der Waals surface area contributed by atoms with Crippen LogP contribution in [0.2, 0.25) is 0 Å². The Labute approximate surface area is 161 Å². The van der Waals surface area contributed by atoms with Crippen LogP contribution in [-0.2, 0) is 16.1 Å². The zero-order chi connectivity index (χ0) is 18.6. The molecule has 0 saturated heterocycles. The van der Waals surface area contributed by atoms with Gasteiger partial charge >= 0.3 is 0 Å². The van der Waals surface area contributed by atoms with Gasteiger partial charge < -0.3 is 19.1 Å². The van der Waals surface area contributed by atoms with E-state index in [1.165, 1.54) is 0 Å². The fourth-order valence-electron chi connectivity index (χ4n) is 2.88. The summed E-state index contributed by atoms with van der Waals surface area (Å²) in [6, 6.07) is 15.5. The second kappa shape index (κ2) is 7.94. The number of benzene rings is 2. The minimum atomic E-state index is -0.196. The minimum absolute atomic E-state index is 0.0105. The summed E-state index contributed by atoms with van der Waals surface area (Å²) in [5.74, 6) is 1.35. The number of hydrogen-bond acceptors (Lipinski definition) is 6. The molecule has 0 radical (unpaired) electrons. The SMILES string of the molecule is CN(CC1COc2ccccc2O1)C(=O)COCc1nc2ccccc2s1. The summed E-state index contributed by atoms with van der Waals surface area (Å²) in [5, 5.41) is 0.868. The maximum Gasteiger partial charge on any atom is 0.248 e. The lowest BCUT2D eigenvalue weighted by atomic mass is 10.2. The molecule has 4 rings (SSSR count). The third kappa shape index (κ3) is 4.20. The van der Waals surface area contributed by atoms with E-state index < -0.39 is 0 Å². The van der Waals surface area contributed by atoms with Crippen molar-refractivity contribution in [3.05, 3.63) is 53.5 Å². The Balaban J connectivity index is 1.24. The van der Waals surface area contributed by atoms with Crippen LogP contribution in [-0.4, -0.2) is 48.7 Å². The number of para-hydroxylation sites is 3. The van der Waals surface area contributed by atoms with E-state index in [1.54, 1.807) is 23.3 Å². The van der Waals surface area contributed by atoms with Crippen molar-refractivity contribution in [2.24, 2.45) is 0 Å². The molecule has 2 heterocycles. The highest BCUT2D eigenvalue weighted by Gasteiger charge is 2.23. The molecule has 7 heteroatoms. The van der Waals surface area contributed by atoms with E-state index in [0.717, 1.165) is 21.0 Å². The van der Waals surface area contributed by atoms with Gasteiger partial charge in [-0.2, -0.15) is 0 Å². The van der Waals surface area contributed by atoms with Gasteiger partial charge in [0.05, 0.1) is 23.4 Å². The van der Waals surface area contributed by atoms with E-state index in [2.05, 4.69) is 4.98 Å². The van der Waals surface area contributed by atoms with E-state index in [9.17, 15) is 4.79 Å². The predicted molar refractivity (Wildman–Crippen MR) is 103 cm³/mol. The number of fused-ring (bicyclic) bond motifs is 2. The molecule has 1 aliphatic heterocycles. The van der Waals surface area contributed by atoms with Gasteiger partial charge in [0.1, 0.15) is 18.2 Å². The van der Waals surface area contributed by atoms with Crippen molar-refractivity contribution in [3.63, 3.8) is 0 Å². The Morgan fingerprint density at radius 2 is 2.00 bits per heavy atom. The van der Waals surface area contributed by atoms with Crippen LogP contribution < -0.4 is 9.47 Å². The summed E-state index contributed by atoms with van der Waals surface area (Å²) in [5.41, 5.74) is 0.958. The normalized spacial score (nSPS) is 15.7. The molecule has 140 valence electrons. The zero-order valence-electron chi connectivity index (χ0n) is 15.0. The number of ether oxygens (including phenoxy) is 3. The molecule has 0 bridgehead atoms. The van der Waals surface area contributed by atoms with Gasteiger partial charge in [0.25, 0.3) is 0 Å². The maximum atomic E-state index is 12.3. The summed E-state index contributed by atoms with van der Waals surface area (Å²) in [6.07, 6.45) is -0.196. The maximum absolute atomic E-state index is 12.3. The third-order valence-corrected chi connectivity index (χ3v) is 5.27. The van der Waals surface area contributed by atoms with Crippen LogP contribution in [0.1, 0.15) is 5.01 Å². The molecule has 1 amide bonds. The molecule has 6 nitrogen and oxygen atoms in total. The monoisotopic (exact) mass is 384 g/mol. The Hall–Kier alpha value is -2.64. The average Bonchev–Trinajstić information content (AvgIpc) is 3.10. The van der Waals surface area contributed by atoms with Gasteiger partial charge in [-0.25, -0.2) is 4.98 Å². The predicted octanol–water partition coefficient (Wildman–Crippen LogP) is 3.11. The lowest BCUT2D eigenvalue weighted by molar-refractivity contribution is -0.136. The molecule has 2 aromatic carbocycles. The van der Waals surface area contributed by atoms with Crippen molar-refractivity contribution < 1.29 is 19.0 Å². The highest BCUT2D eigenvalue weighted by Crippen LogP contribution is 2.31. The van der Waals surface area contributed by atoms with Gasteiger partial charge in [-0.15, -0.1) is 11.3 Å². The first-order chi connectivity index (χ1) is 13.2. The van der Waals surface area contributed by atoms with Gasteiger partial charge in [0.15, 0.2) is 17.6 Å². The summed E-state index contributed by atoms with van der Waals surface area (Å²) in [4.78, 5) is 18.4. The van der Waals surface area contributed by atoms with Gasteiger partial charge in [-0.3, -0.25) is 4.79 Å². The number of hydrogen-bond donors (Lipinski definition) is 0. The van der Waals surface area contributed by atoms with Gasteiger partial charge in [0, 0.05) is 7.05 Å². The molecule has 0 N–H and O–H groups in total. The number of aromatic nitrogens is 1. The minimum Gasteiger partial charge on any atom is -0.486 e. The number of rotatable bonds is 6. The standard InChI is InChI=1S/C20H20N2O4S/c1-22(10-14-11-25-16-7-3-4-8-17(16)26-14)20(23)13-24-12-19-21-15-6-2-5-9-18(15)27-19/h2-9,14H,10-13H2,1H3. The van der Waals surface area contributed by atoms with Crippen molar-refractivity contribution in [2.45, 2.75) is 12.7 Å². The van der Waals surface area contributed by atoms with E-state index in [0.29, 0.717) is 25.5 Å². The molecule has 0 aliphatic carbocycles.